The van der Waals surface area contributed by atoms with E-state index in [0.717, 1.165) is 16.6 Å². The first-order chi connectivity index (χ1) is 9.95. The summed E-state index contributed by atoms with van der Waals surface area (Å²) in [6.07, 6.45) is 0. The van der Waals surface area contributed by atoms with Crippen molar-refractivity contribution in [2.24, 2.45) is 5.73 Å². The number of primary amides is 1. The number of carbonyl (C=O) groups is 1. The molecular formula is C16H18BrN3O. The fourth-order valence-electron chi connectivity index (χ4n) is 2.19. The fraction of sp³-hybridized carbons (Fsp3) is 0.188. The number of amides is 1. The van der Waals surface area contributed by atoms with Gasteiger partial charge in [0, 0.05) is 28.8 Å². The second-order valence-corrected chi connectivity index (χ2v) is 6.00. The molecule has 2 aromatic carbocycles. The van der Waals surface area contributed by atoms with E-state index in [1.54, 1.807) is 12.1 Å². The van der Waals surface area contributed by atoms with E-state index in [1.165, 1.54) is 5.56 Å². The molecule has 0 aromatic heterocycles. The lowest BCUT2D eigenvalue weighted by Crippen LogP contribution is -2.18. The van der Waals surface area contributed by atoms with Crippen molar-refractivity contribution >= 4 is 27.5 Å². The largest absolute Gasteiger partial charge is 0.398 e. The summed E-state index contributed by atoms with van der Waals surface area (Å²) in [6.45, 7) is 1.52. The van der Waals surface area contributed by atoms with E-state index < -0.39 is 5.91 Å². The lowest BCUT2D eigenvalue weighted by atomic mass is 10.1. The Morgan fingerprint density at radius 1 is 1.19 bits per heavy atom. The molecule has 0 aliphatic heterocycles. The number of anilines is 1. The van der Waals surface area contributed by atoms with Crippen molar-refractivity contribution in [2.45, 2.75) is 13.1 Å². The summed E-state index contributed by atoms with van der Waals surface area (Å²) < 4.78 is 1.07. The van der Waals surface area contributed by atoms with Gasteiger partial charge in [-0.2, -0.15) is 0 Å². The maximum Gasteiger partial charge on any atom is 0.248 e. The van der Waals surface area contributed by atoms with Crippen LogP contribution < -0.4 is 11.5 Å². The monoisotopic (exact) mass is 347 g/mol. The molecule has 0 saturated carbocycles. The highest BCUT2D eigenvalue weighted by atomic mass is 79.9. The van der Waals surface area contributed by atoms with Gasteiger partial charge in [-0.1, -0.05) is 34.1 Å². The predicted octanol–water partition coefficient (Wildman–Crippen LogP) is 2.76. The summed E-state index contributed by atoms with van der Waals surface area (Å²) >= 11 is 3.47. The van der Waals surface area contributed by atoms with Crippen LogP contribution in [0.25, 0.3) is 0 Å². The Kier molecular flexibility index (Phi) is 4.98. The quantitative estimate of drug-likeness (QED) is 0.816. The minimum atomic E-state index is -0.462. The van der Waals surface area contributed by atoms with Gasteiger partial charge in [-0.05, 0) is 42.4 Å². The Morgan fingerprint density at radius 2 is 1.95 bits per heavy atom. The van der Waals surface area contributed by atoms with Crippen LogP contribution in [0.15, 0.2) is 46.9 Å². The molecule has 0 unspecified atom stereocenters. The van der Waals surface area contributed by atoms with E-state index in [9.17, 15) is 4.79 Å². The second-order valence-electron chi connectivity index (χ2n) is 5.08. The van der Waals surface area contributed by atoms with Gasteiger partial charge in [0.25, 0.3) is 0 Å². The number of nitrogens with two attached hydrogens (primary N) is 2. The smallest absolute Gasteiger partial charge is 0.248 e. The molecule has 4 N–H and O–H groups in total. The van der Waals surface area contributed by atoms with Crippen LogP contribution in [-0.2, 0) is 13.1 Å². The van der Waals surface area contributed by atoms with Crippen molar-refractivity contribution in [1.82, 2.24) is 4.90 Å². The van der Waals surface area contributed by atoms with E-state index in [0.29, 0.717) is 17.8 Å². The number of nitrogens with zero attached hydrogens (tertiary/aromatic N) is 1. The molecular weight excluding hydrogens is 330 g/mol. The molecule has 0 heterocycles. The molecule has 1 amide bonds. The van der Waals surface area contributed by atoms with Gasteiger partial charge in [0.1, 0.15) is 0 Å². The van der Waals surface area contributed by atoms with Gasteiger partial charge in [0.2, 0.25) is 5.91 Å². The normalized spacial score (nSPS) is 10.8. The first-order valence-corrected chi connectivity index (χ1v) is 7.36. The van der Waals surface area contributed by atoms with Crippen LogP contribution in [0, 0.1) is 0 Å². The Balaban J connectivity index is 2.06. The average Bonchev–Trinajstić information content (AvgIpc) is 2.40. The molecule has 0 radical (unpaired) electrons. The van der Waals surface area contributed by atoms with E-state index in [1.807, 2.05) is 25.2 Å². The zero-order chi connectivity index (χ0) is 15.4. The van der Waals surface area contributed by atoms with E-state index in [-0.39, 0.29) is 0 Å². The SMILES string of the molecule is CN(Cc1cccc(Br)c1)Cc1ccc(C(N)=O)cc1N. The Labute approximate surface area is 132 Å². The maximum absolute atomic E-state index is 11.1. The van der Waals surface area contributed by atoms with Gasteiger partial charge in [0.15, 0.2) is 0 Å². The second kappa shape index (κ2) is 6.74. The maximum atomic E-state index is 11.1. The molecule has 0 bridgehead atoms. The number of halogens is 1. The lowest BCUT2D eigenvalue weighted by Gasteiger charge is -2.18. The fourth-order valence-corrected chi connectivity index (χ4v) is 2.63. The van der Waals surface area contributed by atoms with Crippen LogP contribution in [0.1, 0.15) is 21.5 Å². The van der Waals surface area contributed by atoms with E-state index in [2.05, 4.69) is 33.0 Å². The molecule has 5 heteroatoms. The molecule has 2 rings (SSSR count). The van der Waals surface area contributed by atoms with Gasteiger partial charge in [-0.3, -0.25) is 9.69 Å². The highest BCUT2D eigenvalue weighted by molar-refractivity contribution is 9.10. The first-order valence-electron chi connectivity index (χ1n) is 6.57. The predicted molar refractivity (Wildman–Crippen MR) is 88.7 cm³/mol. The highest BCUT2D eigenvalue weighted by Crippen LogP contribution is 2.18. The molecule has 4 nitrogen and oxygen atoms in total. The minimum absolute atomic E-state index is 0.436. The molecule has 0 atom stereocenters. The van der Waals surface area contributed by atoms with Crippen LogP contribution in [0.4, 0.5) is 5.69 Å². The molecule has 110 valence electrons. The molecule has 0 fully saturated rings. The third-order valence-electron chi connectivity index (χ3n) is 3.21. The summed E-state index contributed by atoms with van der Waals surface area (Å²) in [7, 11) is 2.03. The van der Waals surface area contributed by atoms with Gasteiger partial charge in [0.05, 0.1) is 0 Å². The zero-order valence-electron chi connectivity index (χ0n) is 11.8. The molecule has 0 aliphatic carbocycles. The minimum Gasteiger partial charge on any atom is -0.398 e. The van der Waals surface area contributed by atoms with Crippen molar-refractivity contribution < 1.29 is 4.79 Å². The lowest BCUT2D eigenvalue weighted by molar-refractivity contribution is 0.100. The molecule has 0 saturated heterocycles. The van der Waals surface area contributed by atoms with Crippen molar-refractivity contribution in [2.75, 3.05) is 12.8 Å². The number of hydrogen-bond donors (Lipinski definition) is 2. The summed E-state index contributed by atoms with van der Waals surface area (Å²) in [5.41, 5.74) is 14.5. The average molecular weight is 348 g/mol. The Bertz CT molecular complexity index is 658. The van der Waals surface area contributed by atoms with E-state index in [4.69, 9.17) is 11.5 Å². The summed E-state index contributed by atoms with van der Waals surface area (Å²) in [5.74, 6) is -0.462. The van der Waals surface area contributed by atoms with Crippen LogP contribution in [-0.4, -0.2) is 17.9 Å². The van der Waals surface area contributed by atoms with Crippen LogP contribution in [0.2, 0.25) is 0 Å². The third-order valence-corrected chi connectivity index (χ3v) is 3.71. The molecule has 0 aliphatic rings. The van der Waals surface area contributed by atoms with Crippen LogP contribution in [0.5, 0.6) is 0 Å². The van der Waals surface area contributed by atoms with Gasteiger partial charge >= 0.3 is 0 Å². The highest BCUT2D eigenvalue weighted by Gasteiger charge is 2.08. The van der Waals surface area contributed by atoms with Crippen LogP contribution in [0.3, 0.4) is 0 Å². The number of hydrogen-bond acceptors (Lipinski definition) is 3. The van der Waals surface area contributed by atoms with E-state index >= 15 is 0 Å². The number of benzene rings is 2. The van der Waals surface area contributed by atoms with Gasteiger partial charge in [-0.15, -0.1) is 0 Å². The first kappa shape index (κ1) is 15.5. The summed E-state index contributed by atoms with van der Waals surface area (Å²) in [5, 5.41) is 0. The summed E-state index contributed by atoms with van der Waals surface area (Å²) in [6, 6.07) is 13.4. The van der Waals surface area contributed by atoms with Gasteiger partial charge < -0.3 is 11.5 Å². The molecule has 0 spiro atoms. The zero-order valence-corrected chi connectivity index (χ0v) is 13.4. The molecule has 2 aromatic rings. The number of nitrogen functional groups attached to an aromatic ring is 1. The Hall–Kier alpha value is -1.85. The standard InChI is InChI=1S/C16H18BrN3O/c1-20(9-11-3-2-4-14(17)7-11)10-13-6-5-12(16(19)21)8-15(13)18/h2-8H,9-10,18H2,1H3,(H2,19,21). The number of carbonyl (C=O) groups excluding carboxylic acids is 1. The van der Waals surface area contributed by atoms with Gasteiger partial charge in [-0.25, -0.2) is 0 Å². The van der Waals surface area contributed by atoms with Crippen LogP contribution >= 0.6 is 15.9 Å². The van der Waals surface area contributed by atoms with Crippen molar-refractivity contribution in [3.05, 3.63) is 63.6 Å². The van der Waals surface area contributed by atoms with Crippen molar-refractivity contribution in [1.29, 1.82) is 0 Å². The van der Waals surface area contributed by atoms with Crippen molar-refractivity contribution in [3.63, 3.8) is 0 Å². The topological polar surface area (TPSA) is 72.3 Å². The Morgan fingerprint density at radius 3 is 2.57 bits per heavy atom. The van der Waals surface area contributed by atoms with Crippen molar-refractivity contribution in [3.8, 4) is 0 Å². The molecule has 21 heavy (non-hydrogen) atoms. The number of rotatable bonds is 5. The summed E-state index contributed by atoms with van der Waals surface area (Å²) in [4.78, 5) is 13.3. The third kappa shape index (κ3) is 4.31.